The SMILES string of the molecule is CS(=O)(=O)CCS(=O)(=O)Nc1ccc(CC(=O)O)nc1. The summed E-state index contributed by atoms with van der Waals surface area (Å²) < 4.78 is 47.2. The van der Waals surface area contributed by atoms with Crippen LogP contribution in [0.25, 0.3) is 0 Å². The first-order valence-corrected chi connectivity index (χ1v) is 9.14. The van der Waals surface area contributed by atoms with Crippen molar-refractivity contribution in [3.05, 3.63) is 24.0 Å². The van der Waals surface area contributed by atoms with E-state index >= 15 is 0 Å². The molecule has 0 unspecified atom stereocenters. The van der Waals surface area contributed by atoms with Gasteiger partial charge in [-0.05, 0) is 12.1 Å². The lowest BCUT2D eigenvalue weighted by Gasteiger charge is -2.07. The number of aromatic nitrogens is 1. The zero-order chi connectivity index (χ0) is 15.4. The van der Waals surface area contributed by atoms with Gasteiger partial charge < -0.3 is 5.11 Å². The van der Waals surface area contributed by atoms with Crippen LogP contribution in [0.1, 0.15) is 5.69 Å². The average molecular weight is 322 g/mol. The first-order chi connectivity index (χ1) is 9.07. The van der Waals surface area contributed by atoms with Gasteiger partial charge in [-0.15, -0.1) is 0 Å². The summed E-state index contributed by atoms with van der Waals surface area (Å²) in [4.78, 5) is 14.2. The molecule has 0 bridgehead atoms. The number of nitrogens with zero attached hydrogens (tertiary/aromatic N) is 1. The molecule has 0 aliphatic rings. The molecule has 0 amide bonds. The number of sulfonamides is 1. The van der Waals surface area contributed by atoms with E-state index in [2.05, 4.69) is 9.71 Å². The molecule has 112 valence electrons. The number of hydrogen-bond acceptors (Lipinski definition) is 6. The largest absolute Gasteiger partial charge is 0.481 e. The molecule has 0 aliphatic heterocycles. The van der Waals surface area contributed by atoms with Crippen LogP contribution in [0.3, 0.4) is 0 Å². The standard InChI is InChI=1S/C10H14N2O6S2/c1-19(15,16)4-5-20(17,18)12-9-3-2-8(11-7-9)6-10(13)14/h2-3,7,12H,4-6H2,1H3,(H,13,14). The minimum Gasteiger partial charge on any atom is -0.481 e. The van der Waals surface area contributed by atoms with Crippen LogP contribution in [0.5, 0.6) is 0 Å². The van der Waals surface area contributed by atoms with Gasteiger partial charge in [0.2, 0.25) is 10.0 Å². The third kappa shape index (κ3) is 6.48. The van der Waals surface area contributed by atoms with Crippen molar-refractivity contribution in [2.24, 2.45) is 0 Å². The van der Waals surface area contributed by atoms with Gasteiger partial charge in [-0.3, -0.25) is 14.5 Å². The highest BCUT2D eigenvalue weighted by molar-refractivity contribution is 7.95. The Morgan fingerprint density at radius 2 is 1.90 bits per heavy atom. The molecule has 0 radical (unpaired) electrons. The second-order valence-corrected chi connectivity index (χ2v) is 8.26. The molecular formula is C10H14N2O6S2. The fourth-order valence-electron chi connectivity index (χ4n) is 1.24. The molecule has 0 aromatic carbocycles. The molecule has 0 aliphatic carbocycles. The molecular weight excluding hydrogens is 308 g/mol. The quantitative estimate of drug-likeness (QED) is 0.691. The van der Waals surface area contributed by atoms with Crippen LogP contribution in [-0.4, -0.2) is 50.7 Å². The van der Waals surface area contributed by atoms with E-state index in [1.165, 1.54) is 18.3 Å². The summed E-state index contributed by atoms with van der Waals surface area (Å²) in [6.07, 6.45) is 1.86. The van der Waals surface area contributed by atoms with Crippen LogP contribution in [0.15, 0.2) is 18.3 Å². The lowest BCUT2D eigenvalue weighted by atomic mass is 10.3. The predicted molar refractivity (Wildman–Crippen MR) is 72.7 cm³/mol. The number of carbonyl (C=O) groups is 1. The summed E-state index contributed by atoms with van der Waals surface area (Å²) in [5.74, 6) is -2.07. The van der Waals surface area contributed by atoms with Crippen molar-refractivity contribution in [2.75, 3.05) is 22.5 Å². The van der Waals surface area contributed by atoms with Crippen LogP contribution in [0, 0.1) is 0 Å². The maximum atomic E-state index is 11.6. The molecule has 0 saturated carbocycles. The molecule has 1 aromatic heterocycles. The van der Waals surface area contributed by atoms with Gasteiger partial charge in [0.25, 0.3) is 0 Å². The molecule has 20 heavy (non-hydrogen) atoms. The lowest BCUT2D eigenvalue weighted by molar-refractivity contribution is -0.136. The highest BCUT2D eigenvalue weighted by Gasteiger charge is 2.14. The van der Waals surface area contributed by atoms with E-state index in [-0.39, 0.29) is 17.8 Å². The number of carboxylic acids is 1. The molecule has 0 fully saturated rings. The highest BCUT2D eigenvalue weighted by Crippen LogP contribution is 2.09. The van der Waals surface area contributed by atoms with Crippen molar-refractivity contribution < 1.29 is 26.7 Å². The number of pyridine rings is 1. The maximum absolute atomic E-state index is 11.6. The van der Waals surface area contributed by atoms with Gasteiger partial charge in [0, 0.05) is 6.26 Å². The van der Waals surface area contributed by atoms with Gasteiger partial charge in [-0.1, -0.05) is 0 Å². The van der Waals surface area contributed by atoms with Gasteiger partial charge in [-0.25, -0.2) is 16.8 Å². The van der Waals surface area contributed by atoms with E-state index in [0.717, 1.165) is 6.26 Å². The number of aliphatic carboxylic acids is 1. The van der Waals surface area contributed by atoms with Crippen LogP contribution >= 0.6 is 0 Å². The minimum atomic E-state index is -3.79. The first-order valence-electron chi connectivity index (χ1n) is 5.42. The van der Waals surface area contributed by atoms with Crippen molar-refractivity contribution >= 4 is 31.5 Å². The third-order valence-electron chi connectivity index (χ3n) is 2.15. The van der Waals surface area contributed by atoms with Gasteiger partial charge in [0.05, 0.1) is 35.5 Å². The molecule has 0 spiro atoms. The van der Waals surface area contributed by atoms with Crippen molar-refractivity contribution in [1.82, 2.24) is 4.98 Å². The van der Waals surface area contributed by atoms with Crippen LogP contribution < -0.4 is 4.72 Å². The number of anilines is 1. The topological polar surface area (TPSA) is 130 Å². The predicted octanol–water partition coefficient (Wildman–Crippen LogP) is -0.505. The van der Waals surface area contributed by atoms with Crippen molar-refractivity contribution in [3.8, 4) is 0 Å². The molecule has 1 rings (SSSR count). The summed E-state index contributed by atoms with van der Waals surface area (Å²) in [6.45, 7) is 0. The molecule has 1 aromatic rings. The van der Waals surface area contributed by atoms with Crippen LogP contribution in [-0.2, 0) is 31.1 Å². The first kappa shape index (κ1) is 16.4. The second kappa shape index (κ2) is 6.18. The van der Waals surface area contributed by atoms with Gasteiger partial charge in [-0.2, -0.15) is 0 Å². The zero-order valence-electron chi connectivity index (χ0n) is 10.6. The van der Waals surface area contributed by atoms with E-state index < -0.39 is 37.3 Å². The summed E-state index contributed by atoms with van der Waals surface area (Å²) in [7, 11) is -7.16. The number of rotatable bonds is 7. The Bertz CT molecular complexity index is 679. The van der Waals surface area contributed by atoms with Gasteiger partial charge >= 0.3 is 5.97 Å². The minimum absolute atomic E-state index is 0.146. The highest BCUT2D eigenvalue weighted by atomic mass is 32.2. The smallest absolute Gasteiger partial charge is 0.309 e. The lowest BCUT2D eigenvalue weighted by Crippen LogP contribution is -2.22. The Hall–Kier alpha value is -1.68. The van der Waals surface area contributed by atoms with Crippen molar-refractivity contribution in [3.63, 3.8) is 0 Å². The van der Waals surface area contributed by atoms with Crippen molar-refractivity contribution in [1.29, 1.82) is 0 Å². The Morgan fingerprint density at radius 1 is 1.25 bits per heavy atom. The molecule has 0 saturated heterocycles. The number of hydrogen-bond donors (Lipinski definition) is 2. The third-order valence-corrected chi connectivity index (χ3v) is 4.65. The van der Waals surface area contributed by atoms with E-state index in [0.29, 0.717) is 0 Å². The number of carboxylic acid groups (broad SMARTS) is 1. The summed E-state index contributed by atoms with van der Waals surface area (Å²) in [5.41, 5.74) is 0.434. The summed E-state index contributed by atoms with van der Waals surface area (Å²) in [5, 5.41) is 8.56. The normalized spacial score (nSPS) is 12.1. The average Bonchev–Trinajstić information content (AvgIpc) is 2.28. The van der Waals surface area contributed by atoms with E-state index in [1.54, 1.807) is 0 Å². The Morgan fingerprint density at radius 3 is 2.35 bits per heavy atom. The van der Waals surface area contributed by atoms with E-state index in [4.69, 9.17) is 5.11 Å². The van der Waals surface area contributed by atoms with Crippen LogP contribution in [0.2, 0.25) is 0 Å². The monoisotopic (exact) mass is 322 g/mol. The van der Waals surface area contributed by atoms with Crippen molar-refractivity contribution in [2.45, 2.75) is 6.42 Å². The van der Waals surface area contributed by atoms with Gasteiger partial charge in [0.1, 0.15) is 9.84 Å². The van der Waals surface area contributed by atoms with E-state index in [9.17, 15) is 21.6 Å². The Kier molecular flexibility index (Phi) is 5.06. The maximum Gasteiger partial charge on any atom is 0.309 e. The molecule has 1 heterocycles. The summed E-state index contributed by atoms with van der Waals surface area (Å²) in [6, 6.07) is 2.74. The molecule has 2 N–H and O–H groups in total. The number of nitrogens with one attached hydrogen (secondary N) is 1. The van der Waals surface area contributed by atoms with Crippen LogP contribution in [0.4, 0.5) is 5.69 Å². The number of sulfone groups is 1. The molecule has 8 nitrogen and oxygen atoms in total. The Balaban J connectivity index is 2.70. The molecule has 0 atom stereocenters. The molecule has 10 heteroatoms. The summed E-state index contributed by atoms with van der Waals surface area (Å²) >= 11 is 0. The fourth-order valence-corrected chi connectivity index (χ4v) is 3.91. The second-order valence-electron chi connectivity index (χ2n) is 4.16. The Labute approximate surface area is 116 Å². The zero-order valence-corrected chi connectivity index (χ0v) is 12.2. The van der Waals surface area contributed by atoms with Gasteiger partial charge in [0.15, 0.2) is 0 Å². The van der Waals surface area contributed by atoms with E-state index in [1.807, 2.05) is 0 Å². The fraction of sp³-hybridized carbons (Fsp3) is 0.400.